The maximum absolute atomic E-state index is 6.11. The minimum Gasteiger partial charge on any atom is -0.379 e. The number of ether oxygens (including phenoxy) is 6. The Bertz CT molecular complexity index is 313. The molecule has 1 saturated heterocycles. The molecule has 28 heavy (non-hydrogen) atoms. The SMILES string of the molecule is CCC1OCCOCCCOC2CCCCC2OCCCOCCOC1CC. The summed E-state index contributed by atoms with van der Waals surface area (Å²) < 4.78 is 35.7. The third kappa shape index (κ3) is 9.51. The van der Waals surface area contributed by atoms with Gasteiger partial charge < -0.3 is 28.4 Å². The molecule has 2 rings (SSSR count). The second kappa shape index (κ2) is 15.6. The Hall–Kier alpha value is -0.240. The predicted molar refractivity (Wildman–Crippen MR) is 109 cm³/mol. The summed E-state index contributed by atoms with van der Waals surface area (Å²) in [5.74, 6) is 0. The highest BCUT2D eigenvalue weighted by atomic mass is 16.6. The Morgan fingerprint density at radius 2 is 0.964 bits per heavy atom. The maximum atomic E-state index is 6.11. The summed E-state index contributed by atoms with van der Waals surface area (Å²) in [6.45, 7) is 9.62. The van der Waals surface area contributed by atoms with E-state index in [-0.39, 0.29) is 24.4 Å². The largest absolute Gasteiger partial charge is 0.379 e. The molecule has 1 aliphatic heterocycles. The summed E-state index contributed by atoms with van der Waals surface area (Å²) in [5.41, 5.74) is 0. The van der Waals surface area contributed by atoms with E-state index in [0.29, 0.717) is 39.6 Å². The smallest absolute Gasteiger partial charge is 0.0836 e. The van der Waals surface area contributed by atoms with Crippen LogP contribution in [0.25, 0.3) is 0 Å². The van der Waals surface area contributed by atoms with Crippen molar-refractivity contribution in [2.45, 2.75) is 89.6 Å². The molecule has 0 N–H and O–H groups in total. The van der Waals surface area contributed by atoms with Crippen molar-refractivity contribution in [1.29, 1.82) is 0 Å². The fourth-order valence-electron chi connectivity index (χ4n) is 3.93. The molecule has 0 spiro atoms. The summed E-state index contributed by atoms with van der Waals surface area (Å²) in [7, 11) is 0. The Balaban J connectivity index is 1.77. The zero-order valence-corrected chi connectivity index (χ0v) is 18.1. The number of hydrogen-bond donors (Lipinski definition) is 0. The lowest BCUT2D eigenvalue weighted by molar-refractivity contribution is -0.107. The second-order valence-corrected chi connectivity index (χ2v) is 7.67. The van der Waals surface area contributed by atoms with E-state index >= 15 is 0 Å². The van der Waals surface area contributed by atoms with Crippen LogP contribution in [0.3, 0.4) is 0 Å². The molecule has 0 radical (unpaired) electrons. The average Bonchev–Trinajstić information content (AvgIpc) is 2.72. The van der Waals surface area contributed by atoms with Crippen molar-refractivity contribution in [2.24, 2.45) is 0 Å². The van der Waals surface area contributed by atoms with Crippen LogP contribution in [-0.2, 0) is 28.4 Å². The Labute approximate surface area is 171 Å². The highest BCUT2D eigenvalue weighted by Gasteiger charge is 2.26. The lowest BCUT2D eigenvalue weighted by Gasteiger charge is -2.31. The molecule has 0 aromatic heterocycles. The molecule has 6 heteroatoms. The molecule has 0 amide bonds. The molecule has 0 aromatic rings. The third-order valence-electron chi connectivity index (χ3n) is 5.51. The van der Waals surface area contributed by atoms with Crippen LogP contribution < -0.4 is 0 Å². The van der Waals surface area contributed by atoms with Crippen molar-refractivity contribution in [3.05, 3.63) is 0 Å². The van der Waals surface area contributed by atoms with Crippen molar-refractivity contribution in [3.8, 4) is 0 Å². The van der Waals surface area contributed by atoms with Crippen molar-refractivity contribution in [2.75, 3.05) is 52.9 Å². The molecule has 4 unspecified atom stereocenters. The topological polar surface area (TPSA) is 55.4 Å². The molecule has 4 atom stereocenters. The van der Waals surface area contributed by atoms with E-state index in [1.54, 1.807) is 0 Å². The van der Waals surface area contributed by atoms with Gasteiger partial charge in [0.05, 0.1) is 50.8 Å². The van der Waals surface area contributed by atoms with Crippen molar-refractivity contribution < 1.29 is 28.4 Å². The lowest BCUT2D eigenvalue weighted by Crippen LogP contribution is -2.35. The van der Waals surface area contributed by atoms with Crippen LogP contribution in [0.4, 0.5) is 0 Å². The van der Waals surface area contributed by atoms with Crippen LogP contribution in [0.5, 0.6) is 0 Å². The van der Waals surface area contributed by atoms with E-state index in [2.05, 4.69) is 13.8 Å². The van der Waals surface area contributed by atoms with Gasteiger partial charge in [-0.15, -0.1) is 0 Å². The Morgan fingerprint density at radius 3 is 1.39 bits per heavy atom. The van der Waals surface area contributed by atoms with Gasteiger partial charge in [-0.25, -0.2) is 0 Å². The van der Waals surface area contributed by atoms with E-state index < -0.39 is 0 Å². The van der Waals surface area contributed by atoms with Gasteiger partial charge in [-0.05, 0) is 38.5 Å². The summed E-state index contributed by atoms with van der Waals surface area (Å²) in [5, 5.41) is 0. The van der Waals surface area contributed by atoms with Gasteiger partial charge in [-0.1, -0.05) is 26.7 Å². The number of fused-ring (bicyclic) bond motifs is 1. The van der Waals surface area contributed by atoms with Crippen molar-refractivity contribution in [1.82, 2.24) is 0 Å². The minimum absolute atomic E-state index is 0.110. The minimum atomic E-state index is 0.110. The van der Waals surface area contributed by atoms with Gasteiger partial charge in [0, 0.05) is 26.4 Å². The van der Waals surface area contributed by atoms with Gasteiger partial charge in [0.2, 0.25) is 0 Å². The molecular formula is C22H42O6. The van der Waals surface area contributed by atoms with E-state index in [1.807, 2.05) is 0 Å². The first-order valence-corrected chi connectivity index (χ1v) is 11.5. The lowest BCUT2D eigenvalue weighted by atomic mass is 9.94. The van der Waals surface area contributed by atoms with Crippen LogP contribution >= 0.6 is 0 Å². The Kier molecular flexibility index (Phi) is 13.4. The summed E-state index contributed by atoms with van der Waals surface area (Å²) in [4.78, 5) is 0. The zero-order chi connectivity index (χ0) is 19.9. The van der Waals surface area contributed by atoms with Crippen LogP contribution in [0.15, 0.2) is 0 Å². The predicted octanol–water partition coefficient (Wildman–Crippen LogP) is 3.75. The average molecular weight is 403 g/mol. The van der Waals surface area contributed by atoms with Crippen LogP contribution in [0, 0.1) is 0 Å². The zero-order valence-electron chi connectivity index (χ0n) is 18.1. The molecule has 2 aliphatic rings. The van der Waals surface area contributed by atoms with Gasteiger partial charge in [0.15, 0.2) is 0 Å². The second-order valence-electron chi connectivity index (χ2n) is 7.67. The monoisotopic (exact) mass is 402 g/mol. The van der Waals surface area contributed by atoms with Crippen molar-refractivity contribution >= 4 is 0 Å². The third-order valence-corrected chi connectivity index (χ3v) is 5.51. The maximum Gasteiger partial charge on any atom is 0.0836 e. The normalized spacial score (nSPS) is 33.6. The highest BCUT2D eigenvalue weighted by molar-refractivity contribution is 4.76. The Morgan fingerprint density at radius 1 is 0.500 bits per heavy atom. The first-order chi connectivity index (χ1) is 13.8. The van der Waals surface area contributed by atoms with Gasteiger partial charge in [0.25, 0.3) is 0 Å². The standard InChI is InChI=1S/C22H42O6/c1-3-19-20(4-2)28-18-16-24-12-8-14-26-22-10-6-5-9-21(22)25-13-7-11-23-15-17-27-19/h19-22H,3-18H2,1-2H3. The fourth-order valence-corrected chi connectivity index (χ4v) is 3.93. The first-order valence-electron chi connectivity index (χ1n) is 11.5. The van der Waals surface area contributed by atoms with Crippen molar-refractivity contribution in [3.63, 3.8) is 0 Å². The van der Waals surface area contributed by atoms with E-state index in [4.69, 9.17) is 28.4 Å². The van der Waals surface area contributed by atoms with E-state index in [0.717, 1.165) is 51.7 Å². The van der Waals surface area contributed by atoms with E-state index in [1.165, 1.54) is 12.8 Å². The fraction of sp³-hybridized carbons (Fsp3) is 1.00. The molecule has 1 aliphatic carbocycles. The first kappa shape index (κ1) is 24.0. The molecule has 2 fully saturated rings. The van der Waals surface area contributed by atoms with Crippen LogP contribution in [0.2, 0.25) is 0 Å². The van der Waals surface area contributed by atoms with Crippen LogP contribution in [-0.4, -0.2) is 77.3 Å². The molecule has 6 nitrogen and oxygen atoms in total. The van der Waals surface area contributed by atoms with Gasteiger partial charge in [-0.2, -0.15) is 0 Å². The van der Waals surface area contributed by atoms with Crippen LogP contribution in [0.1, 0.15) is 65.2 Å². The molecule has 166 valence electrons. The molecule has 1 heterocycles. The summed E-state index contributed by atoms with van der Waals surface area (Å²) in [6, 6.07) is 0. The van der Waals surface area contributed by atoms with Gasteiger partial charge in [0.1, 0.15) is 0 Å². The van der Waals surface area contributed by atoms with Gasteiger partial charge >= 0.3 is 0 Å². The molecule has 1 saturated carbocycles. The highest BCUT2D eigenvalue weighted by Crippen LogP contribution is 2.24. The summed E-state index contributed by atoms with van der Waals surface area (Å²) >= 11 is 0. The van der Waals surface area contributed by atoms with E-state index in [9.17, 15) is 0 Å². The number of rotatable bonds is 2. The summed E-state index contributed by atoms with van der Waals surface area (Å²) in [6.07, 6.45) is 9.05. The number of hydrogen-bond acceptors (Lipinski definition) is 6. The molecule has 0 bridgehead atoms. The molecular weight excluding hydrogens is 360 g/mol. The van der Waals surface area contributed by atoms with Gasteiger partial charge in [-0.3, -0.25) is 0 Å². The quantitative estimate of drug-likeness (QED) is 0.701. The molecule has 0 aromatic carbocycles.